The molecule has 0 saturated carbocycles. The van der Waals surface area contributed by atoms with Gasteiger partial charge in [-0.15, -0.1) is 11.8 Å². The predicted octanol–water partition coefficient (Wildman–Crippen LogP) is 3.03. The molecular weight excluding hydrogens is 358 g/mol. The number of nitrogens with one attached hydrogen (secondary N) is 1. The molecule has 5 nitrogen and oxygen atoms in total. The molecule has 1 aromatic heterocycles. The third-order valence-electron chi connectivity index (χ3n) is 4.54. The Morgan fingerprint density at radius 2 is 1.96 bits per heavy atom. The van der Waals surface area contributed by atoms with E-state index in [1.165, 1.54) is 11.8 Å². The first-order valence-electron chi connectivity index (χ1n) is 8.84. The molecule has 0 radical (unpaired) electrons. The summed E-state index contributed by atoms with van der Waals surface area (Å²) >= 11 is 1.51. The Hall–Kier alpha value is -2.86. The molecule has 3 aromatic rings. The Bertz CT molecular complexity index is 1000. The van der Waals surface area contributed by atoms with E-state index < -0.39 is 0 Å². The first-order chi connectivity index (χ1) is 13.2. The highest BCUT2D eigenvalue weighted by Gasteiger charge is 2.25. The summed E-state index contributed by atoms with van der Waals surface area (Å²) in [4.78, 5) is 31.7. The zero-order valence-electron chi connectivity index (χ0n) is 14.7. The van der Waals surface area contributed by atoms with E-state index in [1.807, 2.05) is 54.6 Å². The Kier molecular flexibility index (Phi) is 5.07. The second-order valence-corrected chi connectivity index (χ2v) is 7.35. The van der Waals surface area contributed by atoms with E-state index in [4.69, 9.17) is 0 Å². The van der Waals surface area contributed by atoms with Crippen LogP contribution in [0.5, 0.6) is 0 Å². The summed E-state index contributed by atoms with van der Waals surface area (Å²) in [7, 11) is 0. The van der Waals surface area contributed by atoms with Crippen molar-refractivity contribution >= 4 is 40.2 Å². The number of aromatic nitrogens is 1. The molecule has 1 aliphatic rings. The molecule has 4 rings (SSSR count). The summed E-state index contributed by atoms with van der Waals surface area (Å²) in [6.45, 7) is 0.553. The second kappa shape index (κ2) is 7.80. The SMILES string of the molecule is O=C(CN1C(=O)CSc2ccccc21)NCCc1cccc2cccnc12. The number of anilines is 1. The van der Waals surface area contributed by atoms with Crippen LogP contribution < -0.4 is 10.2 Å². The highest BCUT2D eigenvalue weighted by molar-refractivity contribution is 8.00. The normalized spacial score (nSPS) is 13.5. The van der Waals surface area contributed by atoms with Crippen LogP contribution in [0.25, 0.3) is 10.9 Å². The maximum Gasteiger partial charge on any atom is 0.240 e. The van der Waals surface area contributed by atoms with Gasteiger partial charge < -0.3 is 10.2 Å². The van der Waals surface area contributed by atoms with Gasteiger partial charge in [0.25, 0.3) is 0 Å². The molecule has 0 unspecified atom stereocenters. The van der Waals surface area contributed by atoms with Gasteiger partial charge in [-0.1, -0.05) is 36.4 Å². The van der Waals surface area contributed by atoms with Crippen LogP contribution in [0.1, 0.15) is 5.56 Å². The van der Waals surface area contributed by atoms with Crippen molar-refractivity contribution in [3.63, 3.8) is 0 Å². The Balaban J connectivity index is 1.38. The van der Waals surface area contributed by atoms with Gasteiger partial charge in [0.1, 0.15) is 6.54 Å². The van der Waals surface area contributed by atoms with E-state index in [9.17, 15) is 9.59 Å². The van der Waals surface area contributed by atoms with Gasteiger partial charge >= 0.3 is 0 Å². The van der Waals surface area contributed by atoms with Crippen LogP contribution in [0, 0.1) is 0 Å². The molecule has 1 N–H and O–H groups in total. The summed E-state index contributed by atoms with van der Waals surface area (Å²) in [6.07, 6.45) is 2.47. The van der Waals surface area contributed by atoms with Gasteiger partial charge in [0.05, 0.1) is 17.0 Å². The van der Waals surface area contributed by atoms with Crippen molar-refractivity contribution in [2.45, 2.75) is 11.3 Å². The average molecular weight is 377 g/mol. The third-order valence-corrected chi connectivity index (χ3v) is 5.59. The van der Waals surface area contributed by atoms with Gasteiger partial charge in [-0.05, 0) is 30.2 Å². The molecule has 136 valence electrons. The number of nitrogens with zero attached hydrogens (tertiary/aromatic N) is 2. The highest BCUT2D eigenvalue weighted by atomic mass is 32.2. The Morgan fingerprint density at radius 1 is 1.11 bits per heavy atom. The molecule has 2 amide bonds. The minimum atomic E-state index is -0.154. The number of pyridine rings is 1. The molecule has 1 aliphatic heterocycles. The van der Waals surface area contributed by atoms with Gasteiger partial charge in [0.2, 0.25) is 11.8 Å². The van der Waals surface area contributed by atoms with Crippen LogP contribution in [0.4, 0.5) is 5.69 Å². The van der Waals surface area contributed by atoms with Crippen LogP contribution in [0.15, 0.2) is 65.7 Å². The van der Waals surface area contributed by atoms with E-state index in [-0.39, 0.29) is 18.4 Å². The lowest BCUT2D eigenvalue weighted by atomic mass is 10.1. The minimum Gasteiger partial charge on any atom is -0.354 e. The number of carbonyl (C=O) groups is 2. The molecule has 0 atom stereocenters. The second-order valence-electron chi connectivity index (χ2n) is 6.33. The smallest absolute Gasteiger partial charge is 0.240 e. The molecule has 0 aliphatic carbocycles. The molecule has 2 heterocycles. The number of amides is 2. The standard InChI is InChI=1S/C21H19N3O2S/c25-19(13-24-17-8-1-2-9-18(17)27-14-20(24)26)22-12-10-16-6-3-5-15-7-4-11-23-21(15)16/h1-9,11H,10,12-14H2,(H,22,25). The van der Waals surface area contributed by atoms with Gasteiger partial charge in [0.15, 0.2) is 0 Å². The van der Waals surface area contributed by atoms with E-state index in [1.54, 1.807) is 11.1 Å². The molecular formula is C21H19N3O2S. The lowest BCUT2D eigenvalue weighted by Gasteiger charge is -2.28. The maximum absolute atomic E-state index is 12.4. The summed E-state index contributed by atoms with van der Waals surface area (Å²) < 4.78 is 0. The number of hydrogen-bond acceptors (Lipinski definition) is 4. The number of carbonyl (C=O) groups excluding carboxylic acids is 2. The molecule has 0 fully saturated rings. The molecule has 6 heteroatoms. The van der Waals surface area contributed by atoms with Crippen molar-refractivity contribution in [3.8, 4) is 0 Å². The quantitative estimate of drug-likeness (QED) is 0.742. The summed E-state index contributed by atoms with van der Waals surface area (Å²) in [6, 6.07) is 17.7. The van der Waals surface area contributed by atoms with E-state index in [0.717, 1.165) is 27.0 Å². The fourth-order valence-electron chi connectivity index (χ4n) is 3.23. The number of para-hydroxylation sites is 2. The molecule has 27 heavy (non-hydrogen) atoms. The van der Waals surface area contributed by atoms with Crippen LogP contribution in [-0.2, 0) is 16.0 Å². The number of fused-ring (bicyclic) bond motifs is 2. The van der Waals surface area contributed by atoms with E-state index in [2.05, 4.69) is 10.3 Å². The first-order valence-corrected chi connectivity index (χ1v) is 9.82. The Labute approximate surface area is 161 Å². The Morgan fingerprint density at radius 3 is 2.89 bits per heavy atom. The van der Waals surface area contributed by atoms with Crippen LogP contribution in [-0.4, -0.2) is 35.6 Å². The fraction of sp³-hybridized carbons (Fsp3) is 0.190. The minimum absolute atomic E-state index is 0.0351. The van der Waals surface area contributed by atoms with Crippen molar-refractivity contribution in [2.75, 3.05) is 23.7 Å². The lowest BCUT2D eigenvalue weighted by Crippen LogP contribution is -2.43. The number of thioether (sulfide) groups is 1. The van der Waals surface area contributed by atoms with Gasteiger partial charge in [-0.2, -0.15) is 0 Å². The molecule has 0 bridgehead atoms. The summed E-state index contributed by atoms with van der Waals surface area (Å²) in [5, 5.41) is 4.02. The predicted molar refractivity (Wildman–Crippen MR) is 108 cm³/mol. The zero-order chi connectivity index (χ0) is 18.6. The number of rotatable bonds is 5. The van der Waals surface area contributed by atoms with Crippen LogP contribution >= 0.6 is 11.8 Å². The van der Waals surface area contributed by atoms with Crippen LogP contribution in [0.2, 0.25) is 0 Å². The number of hydrogen-bond donors (Lipinski definition) is 1. The molecule has 0 saturated heterocycles. The van der Waals surface area contributed by atoms with Gasteiger partial charge in [-0.3, -0.25) is 14.6 Å². The molecule has 0 spiro atoms. The summed E-state index contributed by atoms with van der Waals surface area (Å²) in [5.41, 5.74) is 2.88. The topological polar surface area (TPSA) is 62.3 Å². The lowest BCUT2D eigenvalue weighted by molar-refractivity contribution is -0.122. The van der Waals surface area contributed by atoms with E-state index >= 15 is 0 Å². The fourth-order valence-corrected chi connectivity index (χ4v) is 4.17. The summed E-state index contributed by atoms with van der Waals surface area (Å²) in [5.74, 6) is 0.178. The van der Waals surface area contributed by atoms with Crippen molar-refractivity contribution in [2.24, 2.45) is 0 Å². The van der Waals surface area contributed by atoms with Gasteiger partial charge in [-0.25, -0.2) is 0 Å². The average Bonchev–Trinajstić information content (AvgIpc) is 2.70. The monoisotopic (exact) mass is 377 g/mol. The van der Waals surface area contributed by atoms with Crippen molar-refractivity contribution < 1.29 is 9.59 Å². The van der Waals surface area contributed by atoms with Crippen molar-refractivity contribution in [1.29, 1.82) is 0 Å². The van der Waals surface area contributed by atoms with E-state index in [0.29, 0.717) is 18.7 Å². The third kappa shape index (κ3) is 3.80. The van der Waals surface area contributed by atoms with Crippen molar-refractivity contribution in [1.82, 2.24) is 10.3 Å². The number of benzene rings is 2. The van der Waals surface area contributed by atoms with Gasteiger partial charge in [0, 0.05) is 23.0 Å². The largest absolute Gasteiger partial charge is 0.354 e. The molecule has 2 aromatic carbocycles. The maximum atomic E-state index is 12.4. The van der Waals surface area contributed by atoms with Crippen LogP contribution in [0.3, 0.4) is 0 Å². The zero-order valence-corrected chi connectivity index (χ0v) is 15.5. The first kappa shape index (κ1) is 17.5. The van der Waals surface area contributed by atoms with Crippen molar-refractivity contribution in [3.05, 3.63) is 66.4 Å². The highest BCUT2D eigenvalue weighted by Crippen LogP contribution is 2.34.